The number of rotatable bonds is 5. The first-order valence-electron chi connectivity index (χ1n) is 11.1. The predicted molar refractivity (Wildman–Crippen MR) is 126 cm³/mol. The predicted octanol–water partition coefficient (Wildman–Crippen LogP) is 4.70. The molecule has 4 rings (SSSR count). The first-order valence-corrected chi connectivity index (χ1v) is 11.1. The highest BCUT2D eigenvalue weighted by Gasteiger charge is 2.31. The average Bonchev–Trinajstić information content (AvgIpc) is 3.37. The van der Waals surface area contributed by atoms with Crippen LogP contribution in [0.25, 0.3) is 11.1 Å². The number of nitriles is 1. The van der Waals surface area contributed by atoms with Crippen molar-refractivity contribution in [1.82, 2.24) is 9.88 Å². The molecule has 0 N–H and O–H groups in total. The van der Waals surface area contributed by atoms with E-state index in [9.17, 15) is 10.1 Å². The Morgan fingerprint density at radius 2 is 2.09 bits per heavy atom. The normalized spacial score (nSPS) is 16.1. The summed E-state index contributed by atoms with van der Waals surface area (Å²) in [7, 11) is 1.63. The van der Waals surface area contributed by atoms with Gasteiger partial charge in [-0.25, -0.2) is 4.98 Å². The minimum Gasteiger partial charge on any atom is -0.497 e. The monoisotopic (exact) mass is 444 g/mol. The first kappa shape index (κ1) is 22.4. The second kappa shape index (κ2) is 9.37. The molecule has 1 atom stereocenters. The van der Waals surface area contributed by atoms with E-state index < -0.39 is 0 Å². The maximum Gasteiger partial charge on any atom is 0.257 e. The van der Waals surface area contributed by atoms with E-state index >= 15 is 0 Å². The highest BCUT2D eigenvalue weighted by atomic mass is 16.5. The number of pyridine rings is 1. The van der Waals surface area contributed by atoms with Crippen molar-refractivity contribution < 1.29 is 13.9 Å². The van der Waals surface area contributed by atoms with Crippen LogP contribution in [0.5, 0.6) is 5.75 Å². The molecule has 170 valence electrons. The van der Waals surface area contributed by atoms with Gasteiger partial charge in [0.2, 0.25) is 0 Å². The minimum absolute atomic E-state index is 0.0440. The van der Waals surface area contributed by atoms with Gasteiger partial charge in [-0.05, 0) is 42.7 Å². The lowest BCUT2D eigenvalue weighted by molar-refractivity contribution is 0.0673. The number of ether oxygens (including phenoxy) is 1. The Morgan fingerprint density at radius 1 is 1.27 bits per heavy atom. The number of furan rings is 1. The third-order valence-corrected chi connectivity index (χ3v) is 6.06. The second-order valence-electron chi connectivity index (χ2n) is 8.60. The number of benzene rings is 1. The maximum absolute atomic E-state index is 12.8. The summed E-state index contributed by atoms with van der Waals surface area (Å²) in [5.41, 5.74) is 3.77. The van der Waals surface area contributed by atoms with Gasteiger partial charge in [-0.15, -0.1) is 0 Å². The molecule has 1 aliphatic rings. The number of amides is 1. The number of piperazine rings is 1. The summed E-state index contributed by atoms with van der Waals surface area (Å²) in [6, 6.07) is 13.8. The van der Waals surface area contributed by atoms with E-state index in [4.69, 9.17) is 14.1 Å². The van der Waals surface area contributed by atoms with Crippen LogP contribution < -0.4 is 9.64 Å². The minimum atomic E-state index is -0.0441. The highest BCUT2D eigenvalue weighted by Crippen LogP contribution is 2.35. The first-order chi connectivity index (χ1) is 15.9. The number of nitrogens with zero attached hydrogens (tertiary/aromatic N) is 4. The summed E-state index contributed by atoms with van der Waals surface area (Å²) in [6.07, 6.45) is 2.98. The molecule has 7 heteroatoms. The Bertz CT molecular complexity index is 1180. The van der Waals surface area contributed by atoms with Crippen LogP contribution in [0.3, 0.4) is 0 Å². The summed E-state index contributed by atoms with van der Waals surface area (Å²) >= 11 is 0. The van der Waals surface area contributed by atoms with Gasteiger partial charge in [-0.1, -0.05) is 26.0 Å². The Labute approximate surface area is 194 Å². The van der Waals surface area contributed by atoms with Gasteiger partial charge in [0.05, 0.1) is 18.9 Å². The molecule has 33 heavy (non-hydrogen) atoms. The highest BCUT2D eigenvalue weighted by molar-refractivity contribution is 5.94. The van der Waals surface area contributed by atoms with E-state index in [1.807, 2.05) is 42.2 Å². The fourth-order valence-corrected chi connectivity index (χ4v) is 4.21. The van der Waals surface area contributed by atoms with Gasteiger partial charge in [0.25, 0.3) is 5.91 Å². The molecule has 1 fully saturated rings. The summed E-state index contributed by atoms with van der Waals surface area (Å²) < 4.78 is 10.5. The lowest BCUT2D eigenvalue weighted by atomic mass is 9.96. The van der Waals surface area contributed by atoms with Crippen molar-refractivity contribution in [3.05, 3.63) is 65.7 Å². The van der Waals surface area contributed by atoms with Crippen molar-refractivity contribution in [2.75, 3.05) is 31.6 Å². The smallest absolute Gasteiger partial charge is 0.257 e. The summed E-state index contributed by atoms with van der Waals surface area (Å²) in [5, 5.41) is 10.2. The van der Waals surface area contributed by atoms with E-state index in [-0.39, 0.29) is 17.9 Å². The Kier molecular flexibility index (Phi) is 6.36. The molecule has 0 bridgehead atoms. The van der Waals surface area contributed by atoms with Crippen LogP contribution in [0.15, 0.2) is 53.3 Å². The van der Waals surface area contributed by atoms with Crippen LogP contribution in [0, 0.1) is 11.3 Å². The molecule has 2 aromatic heterocycles. The Hall–Kier alpha value is -3.79. The standard InChI is InChI=1S/C26H28N4O3/c1-17(2)24-13-22(19-6-5-7-21(12-19)32-4)23(14-27)25(28-24)29-9-10-30(18(3)15-29)26(31)20-8-11-33-16-20/h5-8,11-13,16-18H,9-10,15H2,1-4H3/t18-/m1/s1. The quantitative estimate of drug-likeness (QED) is 0.567. The number of carbonyl (C=O) groups is 1. The summed E-state index contributed by atoms with van der Waals surface area (Å²) in [5.74, 6) is 1.56. The van der Waals surface area contributed by atoms with Crippen LogP contribution in [0.4, 0.5) is 5.82 Å². The van der Waals surface area contributed by atoms with Crippen molar-refractivity contribution in [3.63, 3.8) is 0 Å². The molecule has 1 amide bonds. The zero-order chi connectivity index (χ0) is 23.5. The van der Waals surface area contributed by atoms with Crippen LogP contribution in [-0.4, -0.2) is 48.6 Å². The molecule has 1 aliphatic heterocycles. The topological polar surface area (TPSA) is 82.6 Å². The van der Waals surface area contributed by atoms with E-state index in [2.05, 4.69) is 24.8 Å². The van der Waals surface area contributed by atoms with E-state index in [1.54, 1.807) is 13.2 Å². The number of hydrogen-bond donors (Lipinski definition) is 0. The van der Waals surface area contributed by atoms with Crippen LogP contribution >= 0.6 is 0 Å². The third-order valence-electron chi connectivity index (χ3n) is 6.06. The number of aromatic nitrogens is 1. The molecule has 0 aliphatic carbocycles. The van der Waals surface area contributed by atoms with Crippen molar-refractivity contribution in [3.8, 4) is 22.9 Å². The van der Waals surface area contributed by atoms with Crippen molar-refractivity contribution >= 4 is 11.7 Å². The van der Waals surface area contributed by atoms with Crippen LogP contribution in [-0.2, 0) is 0 Å². The molecular formula is C26H28N4O3. The van der Waals surface area contributed by atoms with Gasteiger partial charge in [0, 0.05) is 36.9 Å². The summed E-state index contributed by atoms with van der Waals surface area (Å²) in [4.78, 5) is 21.7. The van der Waals surface area contributed by atoms with Crippen molar-refractivity contribution in [2.24, 2.45) is 0 Å². The largest absolute Gasteiger partial charge is 0.497 e. The molecule has 1 aromatic carbocycles. The van der Waals surface area contributed by atoms with Crippen LogP contribution in [0.2, 0.25) is 0 Å². The summed E-state index contributed by atoms with van der Waals surface area (Å²) in [6.45, 7) is 7.93. The average molecular weight is 445 g/mol. The fourth-order valence-electron chi connectivity index (χ4n) is 4.21. The Morgan fingerprint density at radius 3 is 2.73 bits per heavy atom. The van der Waals surface area contributed by atoms with Gasteiger partial charge in [-0.2, -0.15) is 5.26 Å². The number of carbonyl (C=O) groups excluding carboxylic acids is 1. The van der Waals surface area contributed by atoms with Gasteiger partial charge in [0.15, 0.2) is 0 Å². The van der Waals surface area contributed by atoms with Crippen LogP contribution in [0.1, 0.15) is 48.3 Å². The second-order valence-corrected chi connectivity index (χ2v) is 8.60. The number of anilines is 1. The molecule has 7 nitrogen and oxygen atoms in total. The molecule has 3 heterocycles. The molecular weight excluding hydrogens is 416 g/mol. The van der Waals surface area contributed by atoms with Crippen molar-refractivity contribution in [2.45, 2.75) is 32.7 Å². The molecule has 0 unspecified atom stereocenters. The molecule has 0 saturated carbocycles. The van der Waals surface area contributed by atoms with Gasteiger partial charge in [0.1, 0.15) is 29.5 Å². The van der Waals surface area contributed by atoms with Gasteiger partial charge >= 0.3 is 0 Å². The maximum atomic E-state index is 12.8. The SMILES string of the molecule is COc1cccc(-c2cc(C(C)C)nc(N3CCN(C(=O)c4ccoc4)[C@H](C)C3)c2C#N)c1. The lowest BCUT2D eigenvalue weighted by Crippen LogP contribution is -2.54. The van der Waals surface area contributed by atoms with Gasteiger partial charge < -0.3 is 19.0 Å². The zero-order valence-electron chi connectivity index (χ0n) is 19.4. The van der Waals surface area contributed by atoms with Gasteiger partial charge in [-0.3, -0.25) is 4.79 Å². The molecule has 0 radical (unpaired) electrons. The fraction of sp³-hybridized carbons (Fsp3) is 0.346. The number of methoxy groups -OCH3 is 1. The molecule has 3 aromatic rings. The third kappa shape index (κ3) is 4.42. The van der Waals surface area contributed by atoms with E-state index in [0.717, 1.165) is 22.6 Å². The molecule has 1 saturated heterocycles. The van der Waals surface area contributed by atoms with E-state index in [1.165, 1.54) is 12.5 Å². The zero-order valence-corrected chi connectivity index (χ0v) is 19.4. The lowest BCUT2D eigenvalue weighted by Gasteiger charge is -2.40. The van der Waals surface area contributed by atoms with Crippen molar-refractivity contribution in [1.29, 1.82) is 5.26 Å². The molecule has 0 spiro atoms. The number of hydrogen-bond acceptors (Lipinski definition) is 6. The Balaban J connectivity index is 1.71. The van der Waals surface area contributed by atoms with E-state index in [0.29, 0.717) is 36.6 Å².